The van der Waals surface area contributed by atoms with Crippen molar-refractivity contribution in [2.45, 2.75) is 20.3 Å². The van der Waals surface area contributed by atoms with Gasteiger partial charge in [-0.2, -0.15) is 0 Å². The highest BCUT2D eigenvalue weighted by atomic mass is 35.5. The van der Waals surface area contributed by atoms with Crippen molar-refractivity contribution < 1.29 is 4.79 Å². The number of thiophene rings is 1. The van der Waals surface area contributed by atoms with E-state index in [0.717, 1.165) is 63.7 Å². The Kier molecular flexibility index (Phi) is 7.15. The minimum absolute atomic E-state index is 0.117. The molecule has 1 aromatic rings. The highest BCUT2D eigenvalue weighted by Crippen LogP contribution is 2.20. The zero-order chi connectivity index (χ0) is 15.9. The average molecular weight is 344 g/mol. The maximum atomic E-state index is 12.6. The topological polar surface area (TPSA) is 26.8 Å². The molecule has 6 heteroatoms. The molecule has 4 nitrogen and oxygen atoms in total. The Morgan fingerprint density at radius 1 is 1.23 bits per heavy atom. The molecule has 22 heavy (non-hydrogen) atoms. The molecule has 1 amide bonds. The van der Waals surface area contributed by atoms with Gasteiger partial charge < -0.3 is 9.80 Å². The fraction of sp³-hybridized carbons (Fsp3) is 0.688. The van der Waals surface area contributed by atoms with Crippen LogP contribution in [0.4, 0.5) is 0 Å². The third-order valence-electron chi connectivity index (χ3n) is 4.16. The minimum Gasteiger partial charge on any atom is -0.337 e. The summed E-state index contributed by atoms with van der Waals surface area (Å²) in [5.74, 6) is 0.117. The van der Waals surface area contributed by atoms with Crippen LogP contribution < -0.4 is 0 Å². The van der Waals surface area contributed by atoms with E-state index in [2.05, 4.69) is 23.6 Å². The van der Waals surface area contributed by atoms with Gasteiger partial charge in [-0.1, -0.05) is 25.4 Å². The largest absolute Gasteiger partial charge is 0.337 e. The monoisotopic (exact) mass is 343 g/mol. The first-order valence-corrected chi connectivity index (χ1v) is 9.37. The Morgan fingerprint density at radius 3 is 2.45 bits per heavy atom. The van der Waals surface area contributed by atoms with Crippen molar-refractivity contribution in [1.82, 2.24) is 14.7 Å². The Morgan fingerprint density at radius 2 is 1.91 bits per heavy atom. The third kappa shape index (κ3) is 4.95. The predicted octanol–water partition coefficient (Wildman–Crippen LogP) is 2.89. The fourth-order valence-electron chi connectivity index (χ4n) is 2.76. The van der Waals surface area contributed by atoms with E-state index in [1.165, 1.54) is 11.3 Å². The highest BCUT2D eigenvalue weighted by molar-refractivity contribution is 7.12. The van der Waals surface area contributed by atoms with Crippen LogP contribution in [0.1, 0.15) is 29.9 Å². The van der Waals surface area contributed by atoms with Gasteiger partial charge in [-0.05, 0) is 19.0 Å². The van der Waals surface area contributed by atoms with Crippen molar-refractivity contribution >= 4 is 28.8 Å². The van der Waals surface area contributed by atoms with Crippen molar-refractivity contribution in [3.8, 4) is 0 Å². The number of nitrogens with zero attached hydrogens (tertiary/aromatic N) is 3. The molecule has 124 valence electrons. The molecule has 0 aromatic carbocycles. The third-order valence-corrected chi connectivity index (χ3v) is 5.42. The molecule has 0 radical (unpaired) electrons. The van der Waals surface area contributed by atoms with Crippen LogP contribution in [0.5, 0.6) is 0 Å². The first-order valence-electron chi connectivity index (χ1n) is 8.12. The standard InChI is InChI=1S/C16H26ClN3OS/c1-3-5-20(16(21)15-12-14(17)13-22-15)11-10-19-8-6-18(4-2)7-9-19/h12-13H,3-11H2,1-2H3. The molecule has 2 heterocycles. The van der Waals surface area contributed by atoms with E-state index in [1.807, 2.05) is 10.3 Å². The molecule has 0 unspecified atom stereocenters. The molecule has 1 saturated heterocycles. The summed E-state index contributed by atoms with van der Waals surface area (Å²) in [4.78, 5) is 20.2. The summed E-state index contributed by atoms with van der Waals surface area (Å²) in [5.41, 5.74) is 0. The van der Waals surface area contributed by atoms with Gasteiger partial charge in [-0.3, -0.25) is 9.69 Å². The summed E-state index contributed by atoms with van der Waals surface area (Å²) in [6.45, 7) is 12.5. The lowest BCUT2D eigenvalue weighted by Crippen LogP contribution is -2.48. The Balaban J connectivity index is 1.85. The first kappa shape index (κ1) is 17.7. The number of carbonyl (C=O) groups is 1. The van der Waals surface area contributed by atoms with Crippen molar-refractivity contribution in [3.05, 3.63) is 21.3 Å². The second-order valence-corrected chi connectivity index (χ2v) is 7.04. The van der Waals surface area contributed by atoms with E-state index in [9.17, 15) is 4.79 Å². The number of amides is 1. The Hall–Kier alpha value is -0.620. The fourth-order valence-corrected chi connectivity index (χ4v) is 3.80. The molecule has 0 bridgehead atoms. The maximum Gasteiger partial charge on any atom is 0.264 e. The number of hydrogen-bond donors (Lipinski definition) is 0. The summed E-state index contributed by atoms with van der Waals surface area (Å²) in [6.07, 6.45) is 0.981. The summed E-state index contributed by atoms with van der Waals surface area (Å²) < 4.78 is 0. The van der Waals surface area contributed by atoms with E-state index >= 15 is 0 Å². The van der Waals surface area contributed by atoms with E-state index in [4.69, 9.17) is 11.6 Å². The lowest BCUT2D eigenvalue weighted by molar-refractivity contribution is 0.0713. The summed E-state index contributed by atoms with van der Waals surface area (Å²) in [5, 5.41) is 2.48. The smallest absolute Gasteiger partial charge is 0.264 e. The molecule has 1 fully saturated rings. The van der Waals surface area contributed by atoms with E-state index in [0.29, 0.717) is 5.02 Å². The van der Waals surface area contributed by atoms with Crippen LogP contribution in [0.15, 0.2) is 11.4 Å². The second-order valence-electron chi connectivity index (χ2n) is 5.70. The van der Waals surface area contributed by atoms with Crippen LogP contribution in [-0.2, 0) is 0 Å². The van der Waals surface area contributed by atoms with Crippen LogP contribution >= 0.6 is 22.9 Å². The lowest BCUT2D eigenvalue weighted by Gasteiger charge is -2.35. The van der Waals surface area contributed by atoms with Gasteiger partial charge in [0.2, 0.25) is 0 Å². The van der Waals surface area contributed by atoms with Crippen molar-refractivity contribution in [1.29, 1.82) is 0 Å². The molecule has 2 rings (SSSR count). The maximum absolute atomic E-state index is 12.6. The molecule has 0 N–H and O–H groups in total. The minimum atomic E-state index is 0.117. The lowest BCUT2D eigenvalue weighted by atomic mass is 10.3. The number of rotatable bonds is 7. The molecule has 1 aromatic heterocycles. The molecular formula is C16H26ClN3OS. The van der Waals surface area contributed by atoms with Crippen molar-refractivity contribution in [2.24, 2.45) is 0 Å². The highest BCUT2D eigenvalue weighted by Gasteiger charge is 2.20. The molecular weight excluding hydrogens is 318 g/mol. The van der Waals surface area contributed by atoms with Crippen LogP contribution in [0.3, 0.4) is 0 Å². The van der Waals surface area contributed by atoms with E-state index in [1.54, 1.807) is 6.07 Å². The van der Waals surface area contributed by atoms with Gasteiger partial charge in [-0.15, -0.1) is 11.3 Å². The molecule has 1 aliphatic rings. The number of carbonyl (C=O) groups excluding carboxylic acids is 1. The van der Waals surface area contributed by atoms with Gasteiger partial charge in [-0.25, -0.2) is 0 Å². The second kappa shape index (κ2) is 8.87. The zero-order valence-electron chi connectivity index (χ0n) is 13.6. The zero-order valence-corrected chi connectivity index (χ0v) is 15.1. The van der Waals surface area contributed by atoms with E-state index < -0.39 is 0 Å². The average Bonchev–Trinajstić information content (AvgIpc) is 2.98. The predicted molar refractivity (Wildman–Crippen MR) is 94.1 cm³/mol. The number of likely N-dealkylation sites (N-methyl/N-ethyl adjacent to an activating group) is 1. The molecule has 0 spiro atoms. The van der Waals surface area contributed by atoms with Gasteiger partial charge >= 0.3 is 0 Å². The molecule has 1 aliphatic heterocycles. The van der Waals surface area contributed by atoms with Gasteiger partial charge in [0, 0.05) is 51.2 Å². The Bertz CT molecular complexity index is 472. The summed E-state index contributed by atoms with van der Waals surface area (Å²) in [7, 11) is 0. The van der Waals surface area contributed by atoms with Crippen LogP contribution in [0, 0.1) is 0 Å². The number of hydrogen-bond acceptors (Lipinski definition) is 4. The van der Waals surface area contributed by atoms with Gasteiger partial charge in [0.25, 0.3) is 5.91 Å². The quantitative estimate of drug-likeness (QED) is 0.761. The van der Waals surface area contributed by atoms with E-state index in [-0.39, 0.29) is 5.91 Å². The Labute approximate surface area is 142 Å². The first-order chi connectivity index (χ1) is 10.6. The molecule has 0 atom stereocenters. The van der Waals surface area contributed by atoms with Gasteiger partial charge in [0.1, 0.15) is 0 Å². The normalized spacial score (nSPS) is 16.9. The van der Waals surface area contributed by atoms with Crippen LogP contribution in [0.2, 0.25) is 5.02 Å². The van der Waals surface area contributed by atoms with Crippen molar-refractivity contribution in [3.63, 3.8) is 0 Å². The van der Waals surface area contributed by atoms with Crippen LogP contribution in [-0.4, -0.2) is 73.0 Å². The van der Waals surface area contributed by atoms with Gasteiger partial charge in [0.05, 0.1) is 9.90 Å². The van der Waals surface area contributed by atoms with Crippen molar-refractivity contribution in [2.75, 3.05) is 52.4 Å². The molecule has 0 aliphatic carbocycles. The summed E-state index contributed by atoms with van der Waals surface area (Å²) in [6, 6.07) is 1.78. The SMILES string of the molecule is CCCN(CCN1CCN(CC)CC1)C(=O)c1cc(Cl)cs1. The summed E-state index contributed by atoms with van der Waals surface area (Å²) >= 11 is 7.37. The number of piperazine rings is 1. The number of halogens is 1. The van der Waals surface area contributed by atoms with Crippen LogP contribution in [0.25, 0.3) is 0 Å². The van der Waals surface area contributed by atoms with Gasteiger partial charge in [0.15, 0.2) is 0 Å². The molecule has 0 saturated carbocycles.